The van der Waals surface area contributed by atoms with Crippen LogP contribution in [0.1, 0.15) is 19.4 Å². The summed E-state index contributed by atoms with van der Waals surface area (Å²) in [5, 5.41) is 3.26. The van der Waals surface area contributed by atoms with Crippen molar-refractivity contribution in [2.45, 2.75) is 20.8 Å². The predicted molar refractivity (Wildman–Crippen MR) is 72.0 cm³/mol. The second kappa shape index (κ2) is 5.76. The molecule has 0 unspecified atom stereocenters. The van der Waals surface area contributed by atoms with Gasteiger partial charge in [-0.2, -0.15) is 0 Å². The van der Waals surface area contributed by atoms with Gasteiger partial charge < -0.3 is 14.8 Å². The summed E-state index contributed by atoms with van der Waals surface area (Å²) in [6.45, 7) is 6.21. The van der Waals surface area contributed by atoms with Crippen molar-refractivity contribution in [3.05, 3.63) is 23.8 Å². The quantitative estimate of drug-likeness (QED) is 0.817. The second-order valence-corrected chi connectivity index (χ2v) is 4.91. The first-order valence-electron chi connectivity index (χ1n) is 5.87. The van der Waals surface area contributed by atoms with Crippen molar-refractivity contribution in [1.82, 2.24) is 0 Å². The van der Waals surface area contributed by atoms with E-state index in [2.05, 4.69) is 5.32 Å². The molecule has 0 heterocycles. The third kappa shape index (κ3) is 3.39. The van der Waals surface area contributed by atoms with Crippen LogP contribution in [0.3, 0.4) is 0 Å². The lowest BCUT2D eigenvalue weighted by Crippen LogP contribution is -2.33. The van der Waals surface area contributed by atoms with Crippen molar-refractivity contribution < 1.29 is 14.3 Å². The van der Waals surface area contributed by atoms with Crippen LogP contribution in [0, 0.1) is 12.3 Å². The number of ether oxygens (including phenoxy) is 2. The molecule has 18 heavy (non-hydrogen) atoms. The molecule has 0 amide bonds. The molecular formula is C14H21NO3. The van der Waals surface area contributed by atoms with Crippen LogP contribution in [-0.4, -0.2) is 26.7 Å². The summed E-state index contributed by atoms with van der Waals surface area (Å²) in [5.41, 5.74) is 1.51. The van der Waals surface area contributed by atoms with Gasteiger partial charge in [-0.3, -0.25) is 4.79 Å². The molecule has 1 N–H and O–H groups in total. The van der Waals surface area contributed by atoms with Gasteiger partial charge in [0.1, 0.15) is 5.75 Å². The Morgan fingerprint density at radius 1 is 1.33 bits per heavy atom. The van der Waals surface area contributed by atoms with Crippen molar-refractivity contribution >= 4 is 11.7 Å². The van der Waals surface area contributed by atoms with Gasteiger partial charge in [0.05, 0.1) is 19.6 Å². The van der Waals surface area contributed by atoms with E-state index in [4.69, 9.17) is 9.47 Å². The summed E-state index contributed by atoms with van der Waals surface area (Å²) in [4.78, 5) is 11.6. The molecule has 0 bridgehead atoms. The molecule has 1 rings (SSSR count). The number of methoxy groups -OCH3 is 2. The number of anilines is 1. The molecule has 100 valence electrons. The van der Waals surface area contributed by atoms with Gasteiger partial charge in [0.15, 0.2) is 0 Å². The monoisotopic (exact) mass is 251 g/mol. The fourth-order valence-corrected chi connectivity index (χ4v) is 1.58. The zero-order valence-electron chi connectivity index (χ0n) is 11.7. The van der Waals surface area contributed by atoms with E-state index in [9.17, 15) is 4.79 Å². The van der Waals surface area contributed by atoms with Crippen LogP contribution in [0.2, 0.25) is 0 Å². The molecule has 4 nitrogen and oxygen atoms in total. The first kappa shape index (κ1) is 14.4. The van der Waals surface area contributed by atoms with Crippen LogP contribution in [0.15, 0.2) is 18.2 Å². The lowest BCUT2D eigenvalue weighted by atomic mass is 9.93. The van der Waals surface area contributed by atoms with Gasteiger partial charge in [0, 0.05) is 18.3 Å². The highest BCUT2D eigenvalue weighted by Gasteiger charge is 2.28. The summed E-state index contributed by atoms with van der Waals surface area (Å²) >= 11 is 0. The Bertz CT molecular complexity index is 427. The summed E-state index contributed by atoms with van der Waals surface area (Å²) in [6, 6.07) is 5.81. The van der Waals surface area contributed by atoms with Crippen molar-refractivity contribution in [1.29, 1.82) is 0 Å². The molecule has 0 aliphatic heterocycles. The molecule has 0 spiro atoms. The molecule has 0 radical (unpaired) electrons. The Morgan fingerprint density at radius 3 is 2.56 bits per heavy atom. The molecule has 0 aliphatic rings. The number of benzene rings is 1. The highest BCUT2D eigenvalue weighted by atomic mass is 16.5. The second-order valence-electron chi connectivity index (χ2n) is 4.91. The standard InChI is InChI=1S/C14H21NO3/c1-10-6-7-11(17-4)8-12(10)15-9-14(2,3)13(16)18-5/h6-8,15H,9H2,1-5H3. The normalized spacial score (nSPS) is 10.9. The molecule has 0 fully saturated rings. The molecule has 0 aliphatic carbocycles. The Kier molecular flexibility index (Phi) is 4.59. The first-order valence-corrected chi connectivity index (χ1v) is 5.87. The summed E-state index contributed by atoms with van der Waals surface area (Å²) in [7, 11) is 3.04. The zero-order chi connectivity index (χ0) is 13.8. The maximum Gasteiger partial charge on any atom is 0.313 e. The number of hydrogen-bond acceptors (Lipinski definition) is 4. The van der Waals surface area contributed by atoms with Gasteiger partial charge in [0.2, 0.25) is 0 Å². The summed E-state index contributed by atoms with van der Waals surface area (Å²) in [5.74, 6) is 0.564. The van der Waals surface area contributed by atoms with E-state index in [1.807, 2.05) is 39.0 Å². The highest BCUT2D eigenvalue weighted by molar-refractivity contribution is 5.76. The Labute approximate surface area is 108 Å². The minimum atomic E-state index is -0.565. The van der Waals surface area contributed by atoms with E-state index in [-0.39, 0.29) is 5.97 Å². The molecule has 0 atom stereocenters. The molecule has 1 aromatic rings. The predicted octanol–water partition coefficient (Wildman–Crippen LogP) is 2.61. The molecule has 4 heteroatoms. The largest absolute Gasteiger partial charge is 0.497 e. The maximum atomic E-state index is 11.6. The fraction of sp³-hybridized carbons (Fsp3) is 0.500. The molecule has 0 aromatic heterocycles. The van der Waals surface area contributed by atoms with Crippen LogP contribution in [0.25, 0.3) is 0 Å². The number of carbonyl (C=O) groups is 1. The number of aryl methyl sites for hydroxylation is 1. The number of hydrogen-bond donors (Lipinski definition) is 1. The zero-order valence-corrected chi connectivity index (χ0v) is 11.7. The number of esters is 1. The van der Waals surface area contributed by atoms with Crippen molar-refractivity contribution in [3.63, 3.8) is 0 Å². The van der Waals surface area contributed by atoms with E-state index in [1.54, 1.807) is 7.11 Å². The molecule has 0 saturated heterocycles. The molecule has 1 aromatic carbocycles. The fourth-order valence-electron chi connectivity index (χ4n) is 1.58. The number of carbonyl (C=O) groups excluding carboxylic acids is 1. The van der Waals surface area contributed by atoms with E-state index < -0.39 is 5.41 Å². The summed E-state index contributed by atoms with van der Waals surface area (Å²) in [6.07, 6.45) is 0. The van der Waals surface area contributed by atoms with Crippen molar-refractivity contribution in [3.8, 4) is 5.75 Å². The van der Waals surface area contributed by atoms with Gasteiger partial charge in [0.25, 0.3) is 0 Å². The average molecular weight is 251 g/mol. The van der Waals surface area contributed by atoms with E-state index in [1.165, 1.54) is 7.11 Å². The highest BCUT2D eigenvalue weighted by Crippen LogP contribution is 2.24. The topological polar surface area (TPSA) is 47.6 Å². The number of rotatable bonds is 5. The first-order chi connectivity index (χ1) is 8.40. The lowest BCUT2D eigenvalue weighted by Gasteiger charge is -2.23. The minimum Gasteiger partial charge on any atom is -0.497 e. The van der Waals surface area contributed by atoms with Gasteiger partial charge >= 0.3 is 5.97 Å². The Hall–Kier alpha value is -1.71. The average Bonchev–Trinajstić information content (AvgIpc) is 2.36. The Morgan fingerprint density at radius 2 is 2.00 bits per heavy atom. The van der Waals surface area contributed by atoms with E-state index >= 15 is 0 Å². The van der Waals surface area contributed by atoms with Gasteiger partial charge in [-0.05, 0) is 32.4 Å². The Balaban J connectivity index is 2.77. The van der Waals surface area contributed by atoms with Crippen LogP contribution in [0.4, 0.5) is 5.69 Å². The van der Waals surface area contributed by atoms with E-state index in [0.717, 1.165) is 17.0 Å². The minimum absolute atomic E-state index is 0.226. The third-order valence-corrected chi connectivity index (χ3v) is 2.90. The van der Waals surface area contributed by atoms with Gasteiger partial charge in [-0.1, -0.05) is 6.07 Å². The van der Waals surface area contributed by atoms with Crippen LogP contribution >= 0.6 is 0 Å². The van der Waals surface area contributed by atoms with Crippen LogP contribution in [0.5, 0.6) is 5.75 Å². The smallest absolute Gasteiger partial charge is 0.313 e. The van der Waals surface area contributed by atoms with Crippen molar-refractivity contribution in [2.75, 3.05) is 26.1 Å². The lowest BCUT2D eigenvalue weighted by molar-refractivity contribution is -0.149. The molecular weight excluding hydrogens is 230 g/mol. The SMILES string of the molecule is COC(=O)C(C)(C)CNc1cc(OC)ccc1C. The van der Waals surface area contributed by atoms with Crippen LogP contribution < -0.4 is 10.1 Å². The third-order valence-electron chi connectivity index (χ3n) is 2.90. The van der Waals surface area contributed by atoms with Crippen LogP contribution in [-0.2, 0) is 9.53 Å². The van der Waals surface area contributed by atoms with Gasteiger partial charge in [-0.25, -0.2) is 0 Å². The number of nitrogens with one attached hydrogen (secondary N) is 1. The maximum absolute atomic E-state index is 11.6. The molecule has 0 saturated carbocycles. The van der Waals surface area contributed by atoms with Gasteiger partial charge in [-0.15, -0.1) is 0 Å². The summed E-state index contributed by atoms with van der Waals surface area (Å²) < 4.78 is 9.95. The van der Waals surface area contributed by atoms with Crippen molar-refractivity contribution in [2.24, 2.45) is 5.41 Å². The van der Waals surface area contributed by atoms with E-state index in [0.29, 0.717) is 6.54 Å².